The van der Waals surface area contributed by atoms with E-state index in [0.29, 0.717) is 6.54 Å². The number of benzene rings is 1. The number of nitrogens with zero attached hydrogens (tertiary/aromatic N) is 2. The molecule has 2 N–H and O–H groups in total. The van der Waals surface area contributed by atoms with E-state index in [2.05, 4.69) is 16.0 Å². The van der Waals surface area contributed by atoms with Gasteiger partial charge in [0.2, 0.25) is 0 Å². The molecule has 96 valence electrons. The first-order chi connectivity index (χ1) is 8.58. The number of H-pyrrole nitrogens is 1. The molecule has 1 heterocycles. The topological polar surface area (TPSA) is 69.2 Å². The summed E-state index contributed by atoms with van der Waals surface area (Å²) in [5.74, 6) is -0.790. The van der Waals surface area contributed by atoms with Gasteiger partial charge in [-0.2, -0.15) is 0 Å². The fourth-order valence-corrected chi connectivity index (χ4v) is 1.83. The van der Waals surface area contributed by atoms with Crippen LogP contribution in [0.25, 0.3) is 11.0 Å². The van der Waals surface area contributed by atoms with Gasteiger partial charge in [-0.15, -0.1) is 0 Å². The number of imidazole rings is 1. The predicted molar refractivity (Wildman–Crippen MR) is 69.5 cm³/mol. The zero-order chi connectivity index (χ0) is 13.1. The summed E-state index contributed by atoms with van der Waals surface area (Å²) in [6, 6.07) is 5.60. The van der Waals surface area contributed by atoms with Gasteiger partial charge in [0.05, 0.1) is 17.4 Å². The second-order valence-electron chi connectivity index (χ2n) is 4.50. The average molecular weight is 247 g/mol. The summed E-state index contributed by atoms with van der Waals surface area (Å²) in [7, 11) is 1.83. The van der Waals surface area contributed by atoms with E-state index in [-0.39, 0.29) is 0 Å². The van der Waals surface area contributed by atoms with E-state index in [0.717, 1.165) is 17.5 Å². The monoisotopic (exact) mass is 247 g/mol. The number of likely N-dealkylation sites (N-methyl/N-ethyl adjacent to an activating group) is 1. The number of aliphatic carboxylic acids is 1. The second kappa shape index (κ2) is 5.18. The number of rotatable bonds is 5. The van der Waals surface area contributed by atoms with Gasteiger partial charge < -0.3 is 10.1 Å². The van der Waals surface area contributed by atoms with E-state index >= 15 is 0 Å². The SMILES string of the molecule is CC(C(=O)O)N(C)CCc1ccc2nc[nH]c2c1. The van der Waals surface area contributed by atoms with Crippen molar-refractivity contribution in [2.45, 2.75) is 19.4 Å². The average Bonchev–Trinajstić information content (AvgIpc) is 2.82. The van der Waals surface area contributed by atoms with Gasteiger partial charge in [0.1, 0.15) is 6.04 Å². The molecule has 1 aromatic carbocycles. The molecule has 0 fully saturated rings. The molecule has 0 radical (unpaired) electrons. The second-order valence-corrected chi connectivity index (χ2v) is 4.50. The maximum absolute atomic E-state index is 10.8. The minimum Gasteiger partial charge on any atom is -0.480 e. The molecule has 0 amide bonds. The van der Waals surface area contributed by atoms with Crippen molar-refractivity contribution < 1.29 is 9.90 Å². The summed E-state index contributed by atoms with van der Waals surface area (Å²) in [6.07, 6.45) is 2.50. The van der Waals surface area contributed by atoms with Crippen molar-refractivity contribution in [2.75, 3.05) is 13.6 Å². The molecule has 2 rings (SSSR count). The Balaban J connectivity index is 1.99. The first kappa shape index (κ1) is 12.6. The molecular formula is C13H17N3O2. The van der Waals surface area contributed by atoms with Gasteiger partial charge in [-0.25, -0.2) is 4.98 Å². The van der Waals surface area contributed by atoms with Crippen LogP contribution in [0.2, 0.25) is 0 Å². The molecule has 1 unspecified atom stereocenters. The Kier molecular flexibility index (Phi) is 3.62. The molecule has 2 aromatic rings. The van der Waals surface area contributed by atoms with Gasteiger partial charge in [-0.1, -0.05) is 6.07 Å². The smallest absolute Gasteiger partial charge is 0.320 e. The van der Waals surface area contributed by atoms with Crippen molar-refractivity contribution in [3.63, 3.8) is 0 Å². The molecule has 0 spiro atoms. The van der Waals surface area contributed by atoms with Crippen molar-refractivity contribution in [1.82, 2.24) is 14.9 Å². The lowest BCUT2D eigenvalue weighted by molar-refractivity contribution is -0.142. The van der Waals surface area contributed by atoms with Crippen molar-refractivity contribution >= 4 is 17.0 Å². The van der Waals surface area contributed by atoms with Crippen LogP contribution in [0.3, 0.4) is 0 Å². The number of carboxylic acid groups (broad SMARTS) is 1. The van der Waals surface area contributed by atoms with Crippen molar-refractivity contribution in [1.29, 1.82) is 0 Å². The van der Waals surface area contributed by atoms with E-state index in [4.69, 9.17) is 5.11 Å². The Hall–Kier alpha value is -1.88. The predicted octanol–water partition coefficient (Wildman–Crippen LogP) is 1.51. The van der Waals surface area contributed by atoms with Gasteiger partial charge in [0, 0.05) is 6.54 Å². The summed E-state index contributed by atoms with van der Waals surface area (Å²) in [5.41, 5.74) is 3.14. The van der Waals surface area contributed by atoms with Crippen LogP contribution in [0.4, 0.5) is 0 Å². The summed E-state index contributed by atoms with van der Waals surface area (Å²) >= 11 is 0. The molecule has 5 heteroatoms. The quantitative estimate of drug-likeness (QED) is 0.840. The summed E-state index contributed by atoms with van der Waals surface area (Å²) < 4.78 is 0. The maximum atomic E-state index is 10.8. The van der Waals surface area contributed by atoms with E-state index < -0.39 is 12.0 Å². The lowest BCUT2D eigenvalue weighted by atomic mass is 10.1. The van der Waals surface area contributed by atoms with Crippen LogP contribution in [0.15, 0.2) is 24.5 Å². The molecule has 1 aromatic heterocycles. The highest BCUT2D eigenvalue weighted by Crippen LogP contribution is 2.12. The van der Waals surface area contributed by atoms with Crippen LogP contribution in [0.5, 0.6) is 0 Å². The fraction of sp³-hybridized carbons (Fsp3) is 0.385. The summed E-state index contributed by atoms with van der Waals surface area (Å²) in [6.45, 7) is 2.41. The highest BCUT2D eigenvalue weighted by Gasteiger charge is 2.16. The van der Waals surface area contributed by atoms with Crippen LogP contribution in [0, 0.1) is 0 Å². The summed E-state index contributed by atoms with van der Waals surface area (Å²) in [4.78, 5) is 19.9. The molecular weight excluding hydrogens is 230 g/mol. The molecule has 1 atom stereocenters. The molecule has 0 saturated heterocycles. The molecule has 5 nitrogen and oxygen atoms in total. The van der Waals surface area contributed by atoms with Gasteiger partial charge in [-0.05, 0) is 38.1 Å². The number of aromatic amines is 1. The molecule has 0 aliphatic rings. The van der Waals surface area contributed by atoms with Crippen LogP contribution in [0.1, 0.15) is 12.5 Å². The number of aromatic nitrogens is 2. The van der Waals surface area contributed by atoms with E-state index in [1.54, 1.807) is 13.3 Å². The largest absolute Gasteiger partial charge is 0.480 e. The number of nitrogens with one attached hydrogen (secondary N) is 1. The van der Waals surface area contributed by atoms with E-state index in [1.807, 2.05) is 24.1 Å². The minimum atomic E-state index is -0.790. The molecule has 0 saturated carbocycles. The van der Waals surface area contributed by atoms with Gasteiger partial charge in [-0.3, -0.25) is 9.69 Å². The van der Waals surface area contributed by atoms with Crippen LogP contribution >= 0.6 is 0 Å². The Bertz CT molecular complexity index is 550. The Morgan fingerprint density at radius 3 is 3.06 bits per heavy atom. The van der Waals surface area contributed by atoms with Gasteiger partial charge in [0.25, 0.3) is 0 Å². The molecule has 18 heavy (non-hydrogen) atoms. The summed E-state index contributed by atoms with van der Waals surface area (Å²) in [5, 5.41) is 8.91. The van der Waals surface area contributed by atoms with Gasteiger partial charge >= 0.3 is 5.97 Å². The third-order valence-electron chi connectivity index (χ3n) is 3.26. The highest BCUT2D eigenvalue weighted by molar-refractivity contribution is 5.75. The van der Waals surface area contributed by atoms with E-state index in [9.17, 15) is 4.79 Å². The maximum Gasteiger partial charge on any atom is 0.320 e. The van der Waals surface area contributed by atoms with Crippen LogP contribution in [-0.2, 0) is 11.2 Å². The zero-order valence-corrected chi connectivity index (χ0v) is 10.6. The first-order valence-corrected chi connectivity index (χ1v) is 5.93. The zero-order valence-electron chi connectivity index (χ0n) is 10.6. The normalized spacial score (nSPS) is 13.1. The van der Waals surface area contributed by atoms with Crippen molar-refractivity contribution in [3.05, 3.63) is 30.1 Å². The lowest BCUT2D eigenvalue weighted by Gasteiger charge is -2.20. The Labute approximate surface area is 105 Å². The van der Waals surface area contributed by atoms with Crippen molar-refractivity contribution in [3.8, 4) is 0 Å². The molecule has 0 aliphatic carbocycles. The van der Waals surface area contributed by atoms with Crippen LogP contribution < -0.4 is 0 Å². The third kappa shape index (κ3) is 2.68. The number of fused-ring (bicyclic) bond motifs is 1. The standard InChI is InChI=1S/C13H17N3O2/c1-9(13(17)18)16(2)6-5-10-3-4-11-12(7-10)15-8-14-11/h3-4,7-9H,5-6H2,1-2H3,(H,14,15)(H,17,18). The fourth-order valence-electron chi connectivity index (χ4n) is 1.83. The Morgan fingerprint density at radius 1 is 1.56 bits per heavy atom. The number of hydrogen-bond acceptors (Lipinski definition) is 3. The van der Waals surface area contributed by atoms with E-state index in [1.165, 1.54) is 5.56 Å². The van der Waals surface area contributed by atoms with Gasteiger partial charge in [0.15, 0.2) is 0 Å². The molecule has 0 aliphatic heterocycles. The Morgan fingerprint density at radius 2 is 2.33 bits per heavy atom. The first-order valence-electron chi connectivity index (χ1n) is 5.93. The molecule has 0 bridgehead atoms. The minimum absolute atomic E-state index is 0.458. The lowest BCUT2D eigenvalue weighted by Crippen LogP contribution is -2.37. The van der Waals surface area contributed by atoms with Crippen molar-refractivity contribution in [2.24, 2.45) is 0 Å². The van der Waals surface area contributed by atoms with Crippen LogP contribution in [-0.4, -0.2) is 45.6 Å². The number of carboxylic acids is 1. The highest BCUT2D eigenvalue weighted by atomic mass is 16.4. The number of carbonyl (C=O) groups is 1. The third-order valence-corrected chi connectivity index (χ3v) is 3.26. The number of hydrogen-bond donors (Lipinski definition) is 2.